The summed E-state index contributed by atoms with van der Waals surface area (Å²) < 4.78 is 4.71. The summed E-state index contributed by atoms with van der Waals surface area (Å²) in [5.74, 6) is 0. The van der Waals surface area contributed by atoms with Crippen molar-refractivity contribution in [2.45, 2.75) is 0 Å². The van der Waals surface area contributed by atoms with Crippen molar-refractivity contribution in [3.63, 3.8) is 0 Å². The highest BCUT2D eigenvalue weighted by Crippen LogP contribution is 2.12. The maximum absolute atomic E-state index is 5.71. The molecule has 1 N–H and O–H groups in total. The van der Waals surface area contributed by atoms with E-state index in [0.717, 1.165) is 17.3 Å². The molecule has 0 radical (unpaired) electrons. The molecule has 0 fully saturated rings. The lowest BCUT2D eigenvalue weighted by molar-refractivity contribution is 0.416. The molecular formula is C8H9BrClNO. The van der Waals surface area contributed by atoms with Gasteiger partial charge in [-0.1, -0.05) is 11.6 Å². The summed E-state index contributed by atoms with van der Waals surface area (Å²) in [4.78, 5) is 0. The van der Waals surface area contributed by atoms with Crippen LogP contribution in [0.3, 0.4) is 0 Å². The van der Waals surface area contributed by atoms with Crippen molar-refractivity contribution < 1.29 is 3.83 Å². The van der Waals surface area contributed by atoms with Crippen LogP contribution in [-0.4, -0.2) is 13.2 Å². The molecule has 4 heteroatoms. The number of nitrogens with one attached hydrogen (secondary N) is 1. The van der Waals surface area contributed by atoms with Crippen molar-refractivity contribution >= 4 is 33.5 Å². The lowest BCUT2D eigenvalue weighted by Gasteiger charge is -2.03. The SMILES string of the molecule is Clc1ccc(NCCOBr)cc1. The number of hydrogen-bond acceptors (Lipinski definition) is 2. The van der Waals surface area contributed by atoms with Crippen molar-refractivity contribution in [1.82, 2.24) is 0 Å². The summed E-state index contributed by atoms with van der Waals surface area (Å²) in [6.45, 7) is 1.40. The van der Waals surface area contributed by atoms with Crippen LogP contribution in [0.25, 0.3) is 0 Å². The zero-order valence-electron chi connectivity index (χ0n) is 6.39. The molecule has 0 saturated heterocycles. The smallest absolute Gasteiger partial charge is 0.0988 e. The fourth-order valence-electron chi connectivity index (χ4n) is 0.802. The summed E-state index contributed by atoms with van der Waals surface area (Å²) in [6, 6.07) is 7.55. The van der Waals surface area contributed by atoms with Gasteiger partial charge in [-0.2, -0.15) is 0 Å². The predicted octanol–water partition coefficient (Wildman–Crippen LogP) is 3.08. The minimum atomic E-state index is 0.628. The minimum absolute atomic E-state index is 0.628. The van der Waals surface area contributed by atoms with Gasteiger partial charge in [0.1, 0.15) is 0 Å². The van der Waals surface area contributed by atoms with Crippen molar-refractivity contribution in [3.05, 3.63) is 29.3 Å². The average molecular weight is 251 g/mol. The minimum Gasteiger partial charge on any atom is -0.383 e. The Hall–Kier alpha value is -0.250. The van der Waals surface area contributed by atoms with E-state index in [1.807, 2.05) is 24.3 Å². The van der Waals surface area contributed by atoms with Gasteiger partial charge < -0.3 is 9.15 Å². The summed E-state index contributed by atoms with van der Waals surface area (Å²) in [5, 5.41) is 3.91. The van der Waals surface area contributed by atoms with Gasteiger partial charge in [-0.05, 0) is 24.3 Å². The molecule has 1 aromatic rings. The van der Waals surface area contributed by atoms with E-state index >= 15 is 0 Å². The zero-order chi connectivity index (χ0) is 8.81. The molecule has 2 nitrogen and oxygen atoms in total. The third-order valence-corrected chi connectivity index (χ3v) is 1.93. The van der Waals surface area contributed by atoms with Crippen LogP contribution < -0.4 is 5.32 Å². The Morgan fingerprint density at radius 2 is 2.00 bits per heavy atom. The van der Waals surface area contributed by atoms with E-state index in [0.29, 0.717) is 6.61 Å². The maximum atomic E-state index is 5.71. The van der Waals surface area contributed by atoms with Crippen LogP contribution in [0, 0.1) is 0 Å². The highest BCUT2D eigenvalue weighted by atomic mass is 79.9. The first kappa shape index (κ1) is 9.84. The first-order valence-corrected chi connectivity index (χ1v) is 4.58. The Labute approximate surface area is 85.3 Å². The van der Waals surface area contributed by atoms with Crippen LogP contribution in [0.2, 0.25) is 5.02 Å². The molecule has 0 bridgehead atoms. The molecule has 0 aliphatic heterocycles. The number of rotatable bonds is 4. The number of hydrogen-bond donors (Lipinski definition) is 1. The highest BCUT2D eigenvalue weighted by molar-refractivity contribution is 9.06. The molecule has 0 amide bonds. The lowest BCUT2D eigenvalue weighted by Crippen LogP contribution is -2.05. The Balaban J connectivity index is 2.37. The van der Waals surface area contributed by atoms with Crippen LogP contribution in [-0.2, 0) is 3.83 Å². The molecule has 0 heterocycles. The quantitative estimate of drug-likeness (QED) is 0.829. The number of halogens is 2. The van der Waals surface area contributed by atoms with Crippen LogP contribution in [0.15, 0.2) is 24.3 Å². The number of benzene rings is 1. The molecule has 0 aromatic heterocycles. The molecule has 0 spiro atoms. The Kier molecular flexibility index (Phi) is 4.43. The summed E-state index contributed by atoms with van der Waals surface area (Å²) in [7, 11) is 0. The fraction of sp³-hybridized carbons (Fsp3) is 0.250. The first-order chi connectivity index (χ1) is 5.83. The predicted molar refractivity (Wildman–Crippen MR) is 54.8 cm³/mol. The van der Waals surface area contributed by atoms with E-state index in [-0.39, 0.29) is 0 Å². The molecule has 0 aliphatic carbocycles. The molecule has 1 aromatic carbocycles. The van der Waals surface area contributed by atoms with E-state index in [2.05, 4.69) is 21.6 Å². The van der Waals surface area contributed by atoms with Crippen LogP contribution in [0.4, 0.5) is 5.69 Å². The van der Waals surface area contributed by atoms with Crippen molar-refractivity contribution in [2.75, 3.05) is 18.5 Å². The summed E-state index contributed by atoms with van der Waals surface area (Å²) >= 11 is 8.59. The van der Waals surface area contributed by atoms with Gasteiger partial charge in [0.25, 0.3) is 0 Å². The molecule has 0 unspecified atom stereocenters. The van der Waals surface area contributed by atoms with Gasteiger partial charge >= 0.3 is 0 Å². The second-order valence-electron chi connectivity index (χ2n) is 2.25. The second-order valence-corrected chi connectivity index (χ2v) is 3.14. The third kappa shape index (κ3) is 3.43. The monoisotopic (exact) mass is 249 g/mol. The Bertz CT molecular complexity index is 227. The van der Waals surface area contributed by atoms with E-state index in [1.165, 1.54) is 0 Å². The largest absolute Gasteiger partial charge is 0.383 e. The summed E-state index contributed by atoms with van der Waals surface area (Å²) in [6.07, 6.45) is 0. The lowest BCUT2D eigenvalue weighted by atomic mass is 10.3. The molecule has 0 atom stereocenters. The number of anilines is 1. The van der Waals surface area contributed by atoms with Gasteiger partial charge in [0.05, 0.1) is 22.9 Å². The molecule has 0 aliphatic rings. The van der Waals surface area contributed by atoms with E-state index in [4.69, 9.17) is 15.4 Å². The standard InChI is InChI=1S/C8H9BrClNO/c9-12-6-5-11-8-3-1-7(10)2-4-8/h1-4,11H,5-6H2. The Morgan fingerprint density at radius 3 is 2.58 bits per heavy atom. The topological polar surface area (TPSA) is 21.3 Å². The van der Waals surface area contributed by atoms with Crippen molar-refractivity contribution in [3.8, 4) is 0 Å². The van der Waals surface area contributed by atoms with Gasteiger partial charge in [-0.25, -0.2) is 0 Å². The highest BCUT2D eigenvalue weighted by Gasteiger charge is 1.90. The molecule has 12 heavy (non-hydrogen) atoms. The Morgan fingerprint density at radius 1 is 1.33 bits per heavy atom. The molecular weight excluding hydrogens is 241 g/mol. The molecule has 0 saturated carbocycles. The van der Waals surface area contributed by atoms with Crippen LogP contribution in [0.5, 0.6) is 0 Å². The second kappa shape index (κ2) is 5.41. The fourth-order valence-corrected chi connectivity index (χ4v) is 1.09. The molecule has 1 rings (SSSR count). The van der Waals surface area contributed by atoms with Gasteiger partial charge in [-0.3, -0.25) is 0 Å². The van der Waals surface area contributed by atoms with Gasteiger partial charge in [0, 0.05) is 17.3 Å². The zero-order valence-corrected chi connectivity index (χ0v) is 8.73. The summed E-state index contributed by atoms with van der Waals surface area (Å²) in [5.41, 5.74) is 1.05. The normalized spacial score (nSPS) is 9.83. The molecule has 66 valence electrons. The van der Waals surface area contributed by atoms with Gasteiger partial charge in [0.2, 0.25) is 0 Å². The van der Waals surface area contributed by atoms with Gasteiger partial charge in [0.15, 0.2) is 0 Å². The third-order valence-electron chi connectivity index (χ3n) is 1.35. The van der Waals surface area contributed by atoms with Crippen LogP contribution in [0.1, 0.15) is 0 Å². The van der Waals surface area contributed by atoms with Crippen molar-refractivity contribution in [1.29, 1.82) is 0 Å². The van der Waals surface area contributed by atoms with E-state index in [1.54, 1.807) is 0 Å². The average Bonchev–Trinajstić information content (AvgIpc) is 2.09. The van der Waals surface area contributed by atoms with E-state index < -0.39 is 0 Å². The van der Waals surface area contributed by atoms with Crippen LogP contribution >= 0.6 is 27.9 Å². The first-order valence-electron chi connectivity index (χ1n) is 3.56. The maximum Gasteiger partial charge on any atom is 0.0988 e. The van der Waals surface area contributed by atoms with Crippen molar-refractivity contribution in [2.24, 2.45) is 0 Å². The van der Waals surface area contributed by atoms with E-state index in [9.17, 15) is 0 Å². The van der Waals surface area contributed by atoms with Gasteiger partial charge in [-0.15, -0.1) is 0 Å².